The highest BCUT2D eigenvalue weighted by molar-refractivity contribution is 6.30. The fourth-order valence-corrected chi connectivity index (χ4v) is 6.38. The molecule has 43 heavy (non-hydrogen) atoms. The average molecular weight is 609 g/mol. The molecule has 3 N–H and O–H groups in total. The molecule has 0 aliphatic carbocycles. The standard InChI is InChI=1S/C32H33ClN2O8/c1-4-17-10-22(33)11-18(5-2)28(17)34-26(36)15-35-14-23(21-12-24(41-3)30-25(13-21)42-16-43-30)27(32(39)40)29(35)19-6-8-20(9-7-19)31(37)38/h6-13,23,27,29H,4-5,14-16H2,1-3H3,(H,34,36)(H,37,38)(H,39,40)/t23-,27?,29+/m1/s1. The number of amides is 1. The quantitative estimate of drug-likeness (QED) is 0.277. The molecule has 0 aromatic heterocycles. The molecule has 10 nitrogen and oxygen atoms in total. The lowest BCUT2D eigenvalue weighted by Gasteiger charge is -2.27. The number of hydrogen-bond acceptors (Lipinski definition) is 7. The Bertz CT molecular complexity index is 1530. The first kappa shape index (κ1) is 30.2. The zero-order valence-corrected chi connectivity index (χ0v) is 24.8. The fraction of sp³-hybridized carbons (Fsp3) is 0.344. The van der Waals surface area contributed by atoms with Gasteiger partial charge in [-0.15, -0.1) is 0 Å². The van der Waals surface area contributed by atoms with Crippen LogP contribution in [0.3, 0.4) is 0 Å². The summed E-state index contributed by atoms with van der Waals surface area (Å²) < 4.78 is 16.6. The number of halogens is 1. The molecule has 0 spiro atoms. The fourth-order valence-electron chi connectivity index (χ4n) is 6.12. The number of carbonyl (C=O) groups is 3. The maximum Gasteiger partial charge on any atom is 0.335 e. The molecule has 0 saturated carbocycles. The summed E-state index contributed by atoms with van der Waals surface area (Å²) >= 11 is 6.31. The highest BCUT2D eigenvalue weighted by Gasteiger charge is 2.48. The van der Waals surface area contributed by atoms with E-state index >= 15 is 0 Å². The molecule has 11 heteroatoms. The number of ether oxygens (including phenoxy) is 3. The predicted molar refractivity (Wildman–Crippen MR) is 160 cm³/mol. The van der Waals surface area contributed by atoms with Gasteiger partial charge >= 0.3 is 11.9 Å². The van der Waals surface area contributed by atoms with Gasteiger partial charge in [-0.3, -0.25) is 14.5 Å². The smallest absolute Gasteiger partial charge is 0.335 e. The minimum atomic E-state index is -1.09. The zero-order valence-electron chi connectivity index (χ0n) is 24.1. The largest absolute Gasteiger partial charge is 0.493 e. The Morgan fingerprint density at radius 3 is 2.26 bits per heavy atom. The van der Waals surface area contributed by atoms with Crippen LogP contribution in [0, 0.1) is 5.92 Å². The third-order valence-electron chi connectivity index (χ3n) is 8.13. The summed E-state index contributed by atoms with van der Waals surface area (Å²) in [6.45, 7) is 4.14. The summed E-state index contributed by atoms with van der Waals surface area (Å²) in [5.74, 6) is -2.62. The molecule has 2 aliphatic rings. The molecule has 1 saturated heterocycles. The van der Waals surface area contributed by atoms with Crippen LogP contribution in [0.4, 0.5) is 5.69 Å². The molecule has 5 rings (SSSR count). The summed E-state index contributed by atoms with van der Waals surface area (Å²) in [6, 6.07) is 12.6. The van der Waals surface area contributed by atoms with Gasteiger partial charge in [-0.1, -0.05) is 37.6 Å². The number of aliphatic carboxylic acids is 1. The SMILES string of the molecule is CCc1cc(Cl)cc(CC)c1NC(=O)CN1C[C@H](c2cc(OC)c3c(c2)OCO3)C(C(=O)O)[C@@H]1c1ccc(C(=O)O)cc1. The number of benzene rings is 3. The first-order valence-electron chi connectivity index (χ1n) is 14.0. The van der Waals surface area contributed by atoms with E-state index in [2.05, 4.69) is 5.32 Å². The van der Waals surface area contributed by atoms with Crippen molar-refractivity contribution in [1.82, 2.24) is 4.90 Å². The Kier molecular flexibility index (Phi) is 8.79. The molecule has 0 radical (unpaired) electrons. The molecular formula is C32H33ClN2O8. The molecule has 1 fully saturated rings. The van der Waals surface area contributed by atoms with Gasteiger partial charge in [0.2, 0.25) is 18.4 Å². The maximum absolute atomic E-state index is 13.6. The number of methoxy groups -OCH3 is 1. The van der Waals surface area contributed by atoms with Crippen LogP contribution >= 0.6 is 11.6 Å². The number of aromatic carboxylic acids is 1. The average Bonchev–Trinajstić information content (AvgIpc) is 3.62. The van der Waals surface area contributed by atoms with Crippen molar-refractivity contribution in [3.8, 4) is 17.2 Å². The van der Waals surface area contributed by atoms with Crippen LogP contribution in [-0.2, 0) is 22.4 Å². The number of hydrogen-bond donors (Lipinski definition) is 3. The van der Waals surface area contributed by atoms with Gasteiger partial charge in [0.25, 0.3) is 0 Å². The highest BCUT2D eigenvalue weighted by atomic mass is 35.5. The maximum atomic E-state index is 13.6. The van der Waals surface area contributed by atoms with Crippen LogP contribution in [0.2, 0.25) is 5.02 Å². The molecule has 2 aliphatic heterocycles. The number of carboxylic acids is 2. The van der Waals surface area contributed by atoms with Crippen molar-refractivity contribution in [2.75, 3.05) is 32.3 Å². The van der Waals surface area contributed by atoms with Crippen LogP contribution in [0.25, 0.3) is 0 Å². The normalized spacial score (nSPS) is 19.3. The highest BCUT2D eigenvalue weighted by Crippen LogP contribution is 2.50. The van der Waals surface area contributed by atoms with Crippen molar-refractivity contribution in [2.24, 2.45) is 5.92 Å². The predicted octanol–water partition coefficient (Wildman–Crippen LogP) is 5.38. The number of fused-ring (bicyclic) bond motifs is 1. The molecule has 3 aromatic carbocycles. The van der Waals surface area contributed by atoms with Crippen molar-refractivity contribution in [1.29, 1.82) is 0 Å². The van der Waals surface area contributed by atoms with E-state index in [-0.39, 0.29) is 31.4 Å². The number of nitrogens with one attached hydrogen (secondary N) is 1. The summed E-state index contributed by atoms with van der Waals surface area (Å²) in [7, 11) is 1.50. The molecule has 226 valence electrons. The number of anilines is 1. The Balaban J connectivity index is 1.53. The first-order valence-corrected chi connectivity index (χ1v) is 14.4. The van der Waals surface area contributed by atoms with Crippen LogP contribution in [0.5, 0.6) is 17.2 Å². The van der Waals surface area contributed by atoms with Gasteiger partial charge in [0.1, 0.15) is 0 Å². The summed E-state index contributed by atoms with van der Waals surface area (Å²) in [5, 5.41) is 23.6. The minimum Gasteiger partial charge on any atom is -0.493 e. The van der Waals surface area contributed by atoms with E-state index in [9.17, 15) is 24.6 Å². The lowest BCUT2D eigenvalue weighted by molar-refractivity contribution is -0.143. The monoisotopic (exact) mass is 608 g/mol. The van der Waals surface area contributed by atoms with Gasteiger partial charge < -0.3 is 29.7 Å². The number of carbonyl (C=O) groups excluding carboxylic acids is 1. The minimum absolute atomic E-state index is 0.0250. The van der Waals surface area contributed by atoms with Gasteiger partial charge in [-0.25, -0.2) is 4.79 Å². The van der Waals surface area contributed by atoms with E-state index in [4.69, 9.17) is 25.8 Å². The van der Waals surface area contributed by atoms with Crippen LogP contribution in [0.1, 0.15) is 58.4 Å². The van der Waals surface area contributed by atoms with E-state index in [0.717, 1.165) is 11.1 Å². The topological polar surface area (TPSA) is 135 Å². The van der Waals surface area contributed by atoms with E-state index in [1.807, 2.05) is 30.9 Å². The van der Waals surface area contributed by atoms with Crippen LogP contribution < -0.4 is 19.5 Å². The lowest BCUT2D eigenvalue weighted by Crippen LogP contribution is -2.35. The number of likely N-dealkylation sites (tertiary alicyclic amines) is 1. The van der Waals surface area contributed by atoms with Crippen molar-refractivity contribution in [3.05, 3.63) is 81.4 Å². The molecule has 3 aromatic rings. The Labute approximate surface area is 254 Å². The van der Waals surface area contributed by atoms with E-state index in [1.54, 1.807) is 24.3 Å². The molecular weight excluding hydrogens is 576 g/mol. The second kappa shape index (κ2) is 12.5. The van der Waals surface area contributed by atoms with Crippen molar-refractivity contribution in [3.63, 3.8) is 0 Å². The van der Waals surface area contributed by atoms with E-state index < -0.39 is 29.8 Å². The molecule has 3 atom stereocenters. The van der Waals surface area contributed by atoms with E-state index in [1.165, 1.54) is 19.2 Å². The Hall–Kier alpha value is -4.28. The lowest BCUT2D eigenvalue weighted by atomic mass is 9.82. The third kappa shape index (κ3) is 5.98. The summed E-state index contributed by atoms with van der Waals surface area (Å²) in [6.07, 6.45) is 1.33. The Morgan fingerprint density at radius 2 is 1.67 bits per heavy atom. The van der Waals surface area contributed by atoms with Gasteiger partial charge in [0, 0.05) is 29.2 Å². The van der Waals surface area contributed by atoms with Crippen molar-refractivity contribution >= 4 is 35.1 Å². The van der Waals surface area contributed by atoms with Crippen molar-refractivity contribution in [2.45, 2.75) is 38.6 Å². The number of carboxylic acid groups (broad SMARTS) is 2. The van der Waals surface area contributed by atoms with Crippen molar-refractivity contribution < 1.29 is 38.8 Å². The molecule has 2 heterocycles. The third-order valence-corrected chi connectivity index (χ3v) is 8.35. The molecule has 0 bridgehead atoms. The summed E-state index contributed by atoms with van der Waals surface area (Å²) in [4.78, 5) is 39.9. The van der Waals surface area contributed by atoms with Gasteiger partial charge in [0.05, 0.1) is 25.1 Å². The van der Waals surface area contributed by atoms with Gasteiger partial charge in [-0.2, -0.15) is 0 Å². The second-order valence-corrected chi connectivity index (χ2v) is 11.0. The van der Waals surface area contributed by atoms with E-state index in [0.29, 0.717) is 51.9 Å². The zero-order chi connectivity index (χ0) is 30.8. The van der Waals surface area contributed by atoms with Gasteiger partial charge in [-0.05, 0) is 71.5 Å². The molecule has 1 unspecified atom stereocenters. The second-order valence-electron chi connectivity index (χ2n) is 10.6. The molecule has 1 amide bonds. The Morgan fingerprint density at radius 1 is 1.00 bits per heavy atom. The number of aryl methyl sites for hydroxylation is 2. The summed E-state index contributed by atoms with van der Waals surface area (Å²) in [5.41, 5.74) is 3.88. The van der Waals surface area contributed by atoms with Gasteiger partial charge in [0.15, 0.2) is 11.5 Å². The number of rotatable bonds is 10. The first-order chi connectivity index (χ1) is 20.6. The number of nitrogens with zero attached hydrogens (tertiary/aromatic N) is 1. The van der Waals surface area contributed by atoms with Crippen LogP contribution in [0.15, 0.2) is 48.5 Å². The van der Waals surface area contributed by atoms with Crippen LogP contribution in [-0.4, -0.2) is 60.0 Å².